The first-order valence-corrected chi connectivity index (χ1v) is 8.49. The molecule has 3 nitrogen and oxygen atoms in total. The van der Waals surface area contributed by atoms with E-state index < -0.39 is 5.72 Å². The van der Waals surface area contributed by atoms with Crippen molar-refractivity contribution >= 4 is 23.0 Å². The normalized spacial score (nSPS) is 25.4. The molecular formula is C19H20N2OS. The molecule has 0 aliphatic carbocycles. The van der Waals surface area contributed by atoms with Crippen LogP contribution in [0.2, 0.25) is 0 Å². The molecule has 2 aromatic rings. The fraction of sp³-hybridized carbons (Fsp3) is 0.316. The Bertz CT molecular complexity index is 758. The third-order valence-corrected chi connectivity index (χ3v) is 5.08. The van der Waals surface area contributed by atoms with E-state index >= 15 is 0 Å². The van der Waals surface area contributed by atoms with E-state index in [2.05, 4.69) is 54.4 Å². The van der Waals surface area contributed by atoms with Crippen LogP contribution in [0.4, 0.5) is 5.69 Å². The van der Waals surface area contributed by atoms with Gasteiger partial charge in [0.15, 0.2) is 10.8 Å². The van der Waals surface area contributed by atoms with Crippen LogP contribution in [0.1, 0.15) is 37.4 Å². The van der Waals surface area contributed by atoms with E-state index in [1.165, 1.54) is 11.1 Å². The second kappa shape index (κ2) is 5.24. The minimum Gasteiger partial charge on any atom is -0.467 e. The first-order valence-electron chi connectivity index (χ1n) is 8.08. The fourth-order valence-electron chi connectivity index (χ4n) is 3.59. The predicted molar refractivity (Wildman–Crippen MR) is 96.9 cm³/mol. The van der Waals surface area contributed by atoms with Crippen molar-refractivity contribution in [2.75, 3.05) is 4.90 Å². The summed E-state index contributed by atoms with van der Waals surface area (Å²) in [6, 6.07) is 17.0. The van der Waals surface area contributed by atoms with Gasteiger partial charge in [0.25, 0.3) is 0 Å². The summed E-state index contributed by atoms with van der Waals surface area (Å²) in [6.45, 7) is 4.28. The zero-order chi connectivity index (χ0) is 16.0. The van der Waals surface area contributed by atoms with Crippen LogP contribution < -0.4 is 15.0 Å². The Hall–Kier alpha value is -2.07. The summed E-state index contributed by atoms with van der Waals surface area (Å²) in [5.74, 6) is 0.941. The quantitative estimate of drug-likeness (QED) is 0.838. The molecule has 4 rings (SSSR count). The molecule has 0 unspecified atom stereocenters. The Morgan fingerprint density at radius 2 is 1.96 bits per heavy atom. The van der Waals surface area contributed by atoms with Crippen molar-refractivity contribution in [3.05, 3.63) is 59.7 Å². The highest BCUT2D eigenvalue weighted by molar-refractivity contribution is 7.80. The highest BCUT2D eigenvalue weighted by atomic mass is 32.1. The number of ether oxygens (including phenoxy) is 1. The molecule has 2 aromatic carbocycles. The molecule has 2 aliphatic rings. The number of anilines is 1. The summed E-state index contributed by atoms with van der Waals surface area (Å²) in [4.78, 5) is 2.11. The van der Waals surface area contributed by atoms with Crippen molar-refractivity contribution in [3.8, 4) is 5.75 Å². The summed E-state index contributed by atoms with van der Waals surface area (Å²) in [5.41, 5.74) is 3.12. The Morgan fingerprint density at radius 1 is 1.22 bits per heavy atom. The van der Waals surface area contributed by atoms with Gasteiger partial charge in [-0.3, -0.25) is 4.90 Å². The number of benzene rings is 2. The molecule has 0 amide bonds. The highest BCUT2D eigenvalue weighted by Gasteiger charge is 2.48. The molecule has 0 saturated carbocycles. The van der Waals surface area contributed by atoms with Crippen molar-refractivity contribution in [1.29, 1.82) is 0 Å². The van der Waals surface area contributed by atoms with Gasteiger partial charge in [0, 0.05) is 17.7 Å². The van der Waals surface area contributed by atoms with Crippen LogP contribution in [0.25, 0.3) is 0 Å². The Balaban J connectivity index is 1.76. The summed E-state index contributed by atoms with van der Waals surface area (Å²) < 4.78 is 6.38. The van der Waals surface area contributed by atoms with E-state index in [9.17, 15) is 0 Å². The first kappa shape index (κ1) is 14.5. The minimum absolute atomic E-state index is 0.212. The zero-order valence-electron chi connectivity index (χ0n) is 13.4. The fourth-order valence-corrected chi connectivity index (χ4v) is 4.03. The van der Waals surface area contributed by atoms with Crippen LogP contribution >= 0.6 is 12.2 Å². The Kier molecular flexibility index (Phi) is 3.31. The summed E-state index contributed by atoms with van der Waals surface area (Å²) >= 11 is 5.66. The van der Waals surface area contributed by atoms with E-state index in [-0.39, 0.29) is 6.04 Å². The lowest BCUT2D eigenvalue weighted by Gasteiger charge is -2.52. The van der Waals surface area contributed by atoms with Crippen molar-refractivity contribution in [1.82, 2.24) is 5.32 Å². The number of thiocarbonyl (C=S) groups is 1. The molecule has 1 fully saturated rings. The third-order valence-electron chi connectivity index (χ3n) is 4.78. The average molecular weight is 324 g/mol. The molecule has 1 saturated heterocycles. The molecule has 0 aromatic heterocycles. The van der Waals surface area contributed by atoms with Gasteiger partial charge in [0.2, 0.25) is 0 Å². The number of rotatable bonds is 2. The van der Waals surface area contributed by atoms with Gasteiger partial charge in [-0.2, -0.15) is 0 Å². The van der Waals surface area contributed by atoms with Crippen LogP contribution in [0.15, 0.2) is 48.5 Å². The SMILES string of the molecule is CCc1ccc(N2C(=S)N[C@H]3C[C@@]2(C)Oc2ccccc23)cc1. The maximum Gasteiger partial charge on any atom is 0.188 e. The van der Waals surface area contributed by atoms with Crippen molar-refractivity contribution < 1.29 is 4.74 Å². The molecule has 1 N–H and O–H groups in total. The highest BCUT2D eigenvalue weighted by Crippen LogP contribution is 2.45. The molecular weight excluding hydrogens is 304 g/mol. The van der Waals surface area contributed by atoms with Gasteiger partial charge in [0.05, 0.1) is 6.04 Å². The Labute approximate surface area is 142 Å². The van der Waals surface area contributed by atoms with Crippen LogP contribution in [-0.2, 0) is 6.42 Å². The van der Waals surface area contributed by atoms with Crippen LogP contribution in [0, 0.1) is 0 Å². The molecule has 23 heavy (non-hydrogen) atoms. The largest absolute Gasteiger partial charge is 0.467 e. The molecule has 2 heterocycles. The van der Waals surface area contributed by atoms with Crippen LogP contribution in [0.3, 0.4) is 0 Å². The maximum absolute atomic E-state index is 6.38. The lowest BCUT2D eigenvalue weighted by atomic mass is 9.90. The number of fused-ring (bicyclic) bond motifs is 4. The monoisotopic (exact) mass is 324 g/mol. The second-order valence-electron chi connectivity index (χ2n) is 6.38. The molecule has 0 radical (unpaired) electrons. The number of nitrogens with zero attached hydrogens (tertiary/aromatic N) is 1. The molecule has 2 aliphatic heterocycles. The van der Waals surface area contributed by atoms with E-state index in [0.717, 1.165) is 29.4 Å². The van der Waals surface area contributed by atoms with Crippen molar-refractivity contribution in [3.63, 3.8) is 0 Å². The number of nitrogens with one attached hydrogen (secondary N) is 1. The lowest BCUT2D eigenvalue weighted by Crippen LogP contribution is -2.65. The minimum atomic E-state index is -0.463. The van der Waals surface area contributed by atoms with E-state index in [0.29, 0.717) is 0 Å². The van der Waals surface area contributed by atoms with Crippen LogP contribution in [0.5, 0.6) is 5.75 Å². The topological polar surface area (TPSA) is 24.5 Å². The zero-order valence-corrected chi connectivity index (χ0v) is 14.2. The Morgan fingerprint density at radius 3 is 2.70 bits per heavy atom. The van der Waals surface area contributed by atoms with Crippen molar-refractivity contribution in [2.24, 2.45) is 0 Å². The number of hydrogen-bond donors (Lipinski definition) is 1. The molecule has 118 valence electrons. The predicted octanol–water partition coefficient (Wildman–Crippen LogP) is 4.18. The third kappa shape index (κ3) is 2.29. The number of para-hydroxylation sites is 1. The maximum atomic E-state index is 6.38. The first-order chi connectivity index (χ1) is 11.1. The van der Waals surface area contributed by atoms with Gasteiger partial charge < -0.3 is 10.1 Å². The van der Waals surface area contributed by atoms with E-state index in [4.69, 9.17) is 17.0 Å². The van der Waals surface area contributed by atoms with Crippen molar-refractivity contribution in [2.45, 2.75) is 38.5 Å². The number of hydrogen-bond acceptors (Lipinski definition) is 2. The van der Waals surface area contributed by atoms with Gasteiger partial charge >= 0.3 is 0 Å². The molecule has 4 heteroatoms. The number of aryl methyl sites for hydroxylation is 1. The summed E-state index contributed by atoms with van der Waals surface area (Å²) in [5, 5.41) is 4.21. The second-order valence-corrected chi connectivity index (χ2v) is 6.76. The van der Waals surface area contributed by atoms with Crippen LogP contribution in [-0.4, -0.2) is 10.8 Å². The van der Waals surface area contributed by atoms with Gasteiger partial charge in [-0.1, -0.05) is 37.3 Å². The van der Waals surface area contributed by atoms with E-state index in [1.54, 1.807) is 0 Å². The average Bonchev–Trinajstić information content (AvgIpc) is 2.54. The van der Waals surface area contributed by atoms with Gasteiger partial charge in [-0.25, -0.2) is 0 Å². The molecule has 2 atom stereocenters. The lowest BCUT2D eigenvalue weighted by molar-refractivity contribution is 0.0498. The molecule has 0 spiro atoms. The van der Waals surface area contributed by atoms with Gasteiger partial charge in [-0.05, 0) is 49.3 Å². The summed E-state index contributed by atoms with van der Waals surface area (Å²) in [7, 11) is 0. The van der Waals surface area contributed by atoms with Gasteiger partial charge in [0.1, 0.15) is 5.75 Å². The van der Waals surface area contributed by atoms with Gasteiger partial charge in [-0.15, -0.1) is 0 Å². The standard InChI is InChI=1S/C19H20N2OS/c1-3-13-8-10-14(11-9-13)21-18(23)20-16-12-19(21,2)22-17-7-5-4-6-15(16)17/h4-11,16H,3,12H2,1-2H3,(H,20,23)/t16-,19+/m0/s1. The molecule has 2 bridgehead atoms. The smallest absolute Gasteiger partial charge is 0.188 e. The summed E-state index contributed by atoms with van der Waals surface area (Å²) in [6.07, 6.45) is 1.89. The van der Waals surface area contributed by atoms with E-state index in [1.807, 2.05) is 18.2 Å².